The monoisotopic (exact) mass is 508 g/mol. The Morgan fingerprint density at radius 2 is 1.17 bits per heavy atom. The minimum atomic E-state index is -0.490. The van der Waals surface area contributed by atoms with E-state index >= 15 is 0 Å². The molecule has 160 valence electrons. The van der Waals surface area contributed by atoms with Gasteiger partial charge < -0.3 is 18.9 Å². The third-order valence-electron chi connectivity index (χ3n) is 4.40. The van der Waals surface area contributed by atoms with Crippen LogP contribution < -0.4 is 0 Å². The first-order valence-corrected chi connectivity index (χ1v) is 8.79. The number of ether oxygens (including phenoxy) is 4. The van der Waals surface area contributed by atoms with Crippen molar-refractivity contribution in [1.29, 1.82) is 0 Å². The molecule has 0 saturated carbocycles. The number of hydrogen-bond donors (Lipinski definition) is 0. The minimum Gasteiger partial charge on any atom is 0 e. The molecular formula is C20H25BrCrO7. The van der Waals surface area contributed by atoms with E-state index in [1.54, 1.807) is 14.2 Å². The number of methoxy groups -OCH3 is 2. The topological polar surface area (TPSA) is 96.6 Å². The maximum absolute atomic E-state index is 7.50. The zero-order valence-corrected chi connectivity index (χ0v) is 20.0. The van der Waals surface area contributed by atoms with E-state index in [4.69, 9.17) is 32.9 Å². The Labute approximate surface area is 191 Å². The van der Waals surface area contributed by atoms with Crippen LogP contribution >= 0.6 is 15.9 Å². The molecule has 1 aliphatic rings. The number of rotatable bonds is 5. The summed E-state index contributed by atoms with van der Waals surface area (Å²) in [7, 11) is 3.37. The molecule has 29 heavy (non-hydrogen) atoms. The SMILES string of the molecule is COC(C)(C)[C@@H]1OC(c2ccccc2Br)O[C@H]1C(C)(C)OC.[C-]#[O+].[C-]#[O+].[C-]#[O+].[Cr]. The van der Waals surface area contributed by atoms with Crippen LogP contribution in [0.2, 0.25) is 0 Å². The molecular weight excluding hydrogens is 484 g/mol. The average molecular weight is 509 g/mol. The predicted octanol–water partition coefficient (Wildman–Crippen LogP) is 3.97. The Kier molecular flexibility index (Phi) is 18.2. The molecule has 1 aromatic rings. The maximum Gasteiger partial charge on any atom is 0 e. The molecule has 1 saturated heterocycles. The van der Waals surface area contributed by atoms with Gasteiger partial charge in [0, 0.05) is 41.6 Å². The summed E-state index contributed by atoms with van der Waals surface area (Å²) >= 11 is 3.56. The molecule has 0 N–H and O–H groups in total. The van der Waals surface area contributed by atoms with E-state index in [9.17, 15) is 0 Å². The zero-order valence-electron chi connectivity index (χ0n) is 17.2. The van der Waals surface area contributed by atoms with Crippen molar-refractivity contribution in [3.8, 4) is 0 Å². The first-order valence-electron chi connectivity index (χ1n) is 8.00. The van der Waals surface area contributed by atoms with Crippen LogP contribution in [0.5, 0.6) is 0 Å². The second-order valence-electron chi connectivity index (χ2n) is 6.58. The summed E-state index contributed by atoms with van der Waals surface area (Å²) < 4.78 is 47.2. The summed E-state index contributed by atoms with van der Waals surface area (Å²) in [6, 6.07) is 7.91. The molecule has 1 aromatic carbocycles. The van der Waals surface area contributed by atoms with Gasteiger partial charge in [-0.15, -0.1) is 0 Å². The summed E-state index contributed by atoms with van der Waals surface area (Å²) in [5.74, 6) is 0. The first kappa shape index (κ1) is 32.9. The summed E-state index contributed by atoms with van der Waals surface area (Å²) in [5.41, 5.74) is -0.0127. The molecule has 0 bridgehead atoms. The third kappa shape index (κ3) is 8.90. The Balaban J connectivity index is -0.000000883. The van der Waals surface area contributed by atoms with Crippen LogP contribution in [0.4, 0.5) is 0 Å². The Morgan fingerprint density at radius 3 is 1.48 bits per heavy atom. The predicted molar refractivity (Wildman–Crippen MR) is 101 cm³/mol. The molecule has 2 atom stereocenters. The fraction of sp³-hybridized carbons (Fsp3) is 0.550. The molecule has 0 unspecified atom stereocenters. The van der Waals surface area contributed by atoms with E-state index in [0.29, 0.717) is 0 Å². The van der Waals surface area contributed by atoms with E-state index in [-0.39, 0.29) is 29.6 Å². The van der Waals surface area contributed by atoms with Crippen LogP contribution in [0.1, 0.15) is 39.5 Å². The summed E-state index contributed by atoms with van der Waals surface area (Å²) in [5, 5.41) is 0. The van der Waals surface area contributed by atoms with Crippen LogP contribution in [0.25, 0.3) is 0 Å². The molecule has 1 aliphatic heterocycles. The smallest absolute Gasteiger partial charge is 0 e. The molecule has 0 aliphatic carbocycles. The van der Waals surface area contributed by atoms with Crippen molar-refractivity contribution in [3.05, 3.63) is 54.3 Å². The third-order valence-corrected chi connectivity index (χ3v) is 5.12. The second-order valence-corrected chi connectivity index (χ2v) is 7.44. The van der Waals surface area contributed by atoms with Gasteiger partial charge in [0.25, 0.3) is 0 Å². The van der Waals surface area contributed by atoms with Crippen LogP contribution in [0.15, 0.2) is 28.7 Å². The van der Waals surface area contributed by atoms with Gasteiger partial charge in [-0.25, -0.2) is 0 Å². The van der Waals surface area contributed by atoms with Crippen molar-refractivity contribution < 1.29 is 50.3 Å². The maximum atomic E-state index is 7.50. The van der Waals surface area contributed by atoms with Crippen molar-refractivity contribution in [2.45, 2.75) is 57.4 Å². The first-order chi connectivity index (χ1) is 13.2. The molecule has 0 amide bonds. The molecule has 0 aromatic heterocycles. The van der Waals surface area contributed by atoms with Crippen molar-refractivity contribution in [2.75, 3.05) is 14.2 Å². The summed E-state index contributed by atoms with van der Waals surface area (Å²) in [6.07, 6.45) is -0.941. The number of hydrogen-bond acceptors (Lipinski definition) is 4. The molecule has 7 nitrogen and oxygen atoms in total. The van der Waals surface area contributed by atoms with Crippen molar-refractivity contribution in [3.63, 3.8) is 0 Å². The molecule has 0 spiro atoms. The van der Waals surface area contributed by atoms with Crippen LogP contribution in [-0.2, 0) is 50.3 Å². The molecule has 9 heteroatoms. The summed E-state index contributed by atoms with van der Waals surface area (Å²) in [4.78, 5) is 0. The van der Waals surface area contributed by atoms with Gasteiger partial charge in [-0.3, -0.25) is 0 Å². The molecule has 0 radical (unpaired) electrons. The van der Waals surface area contributed by atoms with Gasteiger partial charge in [0.15, 0.2) is 6.29 Å². The molecule has 1 fully saturated rings. The van der Waals surface area contributed by atoms with Crippen molar-refractivity contribution in [2.24, 2.45) is 0 Å². The second kappa shape index (κ2) is 16.0. The zero-order chi connectivity index (χ0) is 22.5. The van der Waals surface area contributed by atoms with Gasteiger partial charge in [-0.2, -0.15) is 0 Å². The fourth-order valence-corrected chi connectivity index (χ4v) is 3.01. The normalized spacial score (nSPS) is 18.4. The number of halogens is 1. The molecule has 2 rings (SSSR count). The van der Waals surface area contributed by atoms with Crippen molar-refractivity contribution in [1.82, 2.24) is 0 Å². The Hall–Kier alpha value is -0.708. The standard InChI is InChI=1S/C17H25BrO4.3CO.Cr/c1-16(2,19-5)13-14(17(3,4)20-6)22-15(21-13)11-9-7-8-10-12(11)18;3*1-2;/h7-10,13-15H,1-6H3;;;;/t13-,14-;;;;/m1..../s1. The van der Waals surface area contributed by atoms with Crippen LogP contribution in [-0.4, -0.2) is 37.6 Å². The largest absolute Gasteiger partial charge is 0 e. The Morgan fingerprint density at radius 1 is 0.828 bits per heavy atom. The fourth-order valence-electron chi connectivity index (χ4n) is 2.54. The van der Waals surface area contributed by atoms with Crippen LogP contribution in [0, 0.1) is 20.0 Å². The van der Waals surface area contributed by atoms with Gasteiger partial charge >= 0.3 is 33.9 Å². The Bertz CT molecular complexity index is 605. The van der Waals surface area contributed by atoms with Gasteiger partial charge in [-0.05, 0) is 33.8 Å². The van der Waals surface area contributed by atoms with E-state index in [1.807, 2.05) is 52.0 Å². The summed E-state index contributed by atoms with van der Waals surface area (Å²) in [6.45, 7) is 21.5. The average Bonchev–Trinajstić information content (AvgIpc) is 3.20. The molecule has 1 heterocycles. The van der Waals surface area contributed by atoms with E-state index < -0.39 is 17.5 Å². The van der Waals surface area contributed by atoms with E-state index in [2.05, 4.69) is 35.9 Å². The minimum absolute atomic E-state index is 0. The van der Waals surface area contributed by atoms with E-state index in [0.717, 1.165) is 10.0 Å². The van der Waals surface area contributed by atoms with Gasteiger partial charge in [0.05, 0.1) is 11.2 Å². The quantitative estimate of drug-likeness (QED) is 0.444. The van der Waals surface area contributed by atoms with Gasteiger partial charge in [-0.1, -0.05) is 34.1 Å². The van der Waals surface area contributed by atoms with Crippen LogP contribution in [0.3, 0.4) is 0 Å². The van der Waals surface area contributed by atoms with E-state index in [1.165, 1.54) is 0 Å². The van der Waals surface area contributed by atoms with Gasteiger partial charge in [0.1, 0.15) is 12.2 Å². The van der Waals surface area contributed by atoms with Gasteiger partial charge in [0.2, 0.25) is 0 Å². The number of benzene rings is 1. The van der Waals surface area contributed by atoms with Crippen molar-refractivity contribution >= 4 is 15.9 Å².